The molecule has 4 heterocycles. The third kappa shape index (κ3) is 4.29. The highest BCUT2D eigenvalue weighted by Gasteiger charge is 2.34. The highest BCUT2D eigenvalue weighted by Crippen LogP contribution is 2.36. The third-order valence-corrected chi connectivity index (χ3v) is 6.51. The highest BCUT2D eigenvalue weighted by atomic mass is 32.1. The Bertz CT molecular complexity index is 984. The number of hydrogen-bond donors (Lipinski definition) is 0. The Balaban J connectivity index is 1.49. The molecule has 3 aromatic rings. The second-order valence-electron chi connectivity index (χ2n) is 6.70. The van der Waals surface area contributed by atoms with E-state index in [1.807, 2.05) is 35.0 Å². The van der Waals surface area contributed by atoms with E-state index in [-0.39, 0.29) is 30.9 Å². The summed E-state index contributed by atoms with van der Waals surface area (Å²) in [6.45, 7) is -2.46. The van der Waals surface area contributed by atoms with Gasteiger partial charge in [0.1, 0.15) is 5.82 Å². The van der Waals surface area contributed by atoms with Crippen molar-refractivity contribution in [2.24, 2.45) is 5.10 Å². The van der Waals surface area contributed by atoms with Gasteiger partial charge in [0.05, 0.1) is 29.7 Å². The minimum Gasteiger partial charge on any atom is -0.290 e. The van der Waals surface area contributed by atoms with Gasteiger partial charge in [-0.1, -0.05) is 12.1 Å². The molecule has 0 aliphatic carbocycles. The Labute approximate surface area is 174 Å². The van der Waals surface area contributed by atoms with Crippen molar-refractivity contribution in [1.29, 1.82) is 0 Å². The van der Waals surface area contributed by atoms with Crippen molar-refractivity contribution in [3.8, 4) is 0 Å². The number of aromatic nitrogens is 2. The summed E-state index contributed by atoms with van der Waals surface area (Å²) < 4.78 is 26.8. The summed E-state index contributed by atoms with van der Waals surface area (Å²) in [5.41, 5.74) is 0.891. The zero-order chi connectivity index (χ0) is 20.4. The van der Waals surface area contributed by atoms with Crippen molar-refractivity contribution in [3.63, 3.8) is 0 Å². The van der Waals surface area contributed by atoms with Gasteiger partial charge in [-0.3, -0.25) is 14.3 Å². The SMILES string of the molecule is CN(CC(=O)N1N=C(c2cccs2)CC1c1cccs1)Cc1nccn1C(F)F. The summed E-state index contributed by atoms with van der Waals surface area (Å²) >= 11 is 3.19. The lowest BCUT2D eigenvalue weighted by molar-refractivity contribution is -0.134. The second-order valence-corrected chi connectivity index (χ2v) is 8.63. The molecular formula is C19H19F2N5OS2. The summed E-state index contributed by atoms with van der Waals surface area (Å²) in [6, 6.07) is 7.79. The summed E-state index contributed by atoms with van der Waals surface area (Å²) in [5, 5.41) is 10.1. The molecule has 1 aliphatic rings. The normalized spacial score (nSPS) is 16.8. The number of alkyl halides is 2. The lowest BCUT2D eigenvalue weighted by Crippen LogP contribution is -2.36. The maximum absolute atomic E-state index is 13.0. The number of imidazole rings is 1. The first-order valence-corrected chi connectivity index (χ1v) is 10.7. The van der Waals surface area contributed by atoms with Crippen LogP contribution in [0, 0.1) is 0 Å². The molecule has 0 radical (unpaired) electrons. The highest BCUT2D eigenvalue weighted by molar-refractivity contribution is 7.12. The van der Waals surface area contributed by atoms with Gasteiger partial charge in [-0.15, -0.1) is 22.7 Å². The molecular weight excluding hydrogens is 416 g/mol. The Hall–Kier alpha value is -2.43. The molecule has 0 spiro atoms. The zero-order valence-corrected chi connectivity index (χ0v) is 17.2. The van der Waals surface area contributed by atoms with E-state index in [1.165, 1.54) is 17.4 Å². The third-order valence-electron chi connectivity index (χ3n) is 4.62. The van der Waals surface area contributed by atoms with E-state index in [4.69, 9.17) is 0 Å². The summed E-state index contributed by atoms with van der Waals surface area (Å²) in [4.78, 5) is 20.8. The number of hydrogen-bond acceptors (Lipinski definition) is 6. The smallest absolute Gasteiger partial charge is 0.290 e. The van der Waals surface area contributed by atoms with Crippen molar-refractivity contribution in [2.45, 2.75) is 25.6 Å². The van der Waals surface area contributed by atoms with Gasteiger partial charge in [0.25, 0.3) is 5.91 Å². The fourth-order valence-electron chi connectivity index (χ4n) is 3.28. The molecule has 29 heavy (non-hydrogen) atoms. The first-order chi connectivity index (χ1) is 14.0. The maximum atomic E-state index is 13.0. The van der Waals surface area contributed by atoms with Crippen molar-refractivity contribution in [2.75, 3.05) is 13.6 Å². The second kappa shape index (κ2) is 8.52. The summed E-state index contributed by atoms with van der Waals surface area (Å²) in [7, 11) is 1.71. The van der Waals surface area contributed by atoms with Crippen LogP contribution in [0.4, 0.5) is 8.78 Å². The van der Waals surface area contributed by atoms with Crippen molar-refractivity contribution < 1.29 is 13.6 Å². The number of rotatable bonds is 7. The molecule has 10 heteroatoms. The molecule has 0 fully saturated rings. The van der Waals surface area contributed by atoms with Gasteiger partial charge in [-0.05, 0) is 29.9 Å². The van der Waals surface area contributed by atoms with E-state index < -0.39 is 6.55 Å². The van der Waals surface area contributed by atoms with Gasteiger partial charge in [0.15, 0.2) is 0 Å². The molecule has 0 saturated heterocycles. The molecule has 0 aromatic carbocycles. The van der Waals surface area contributed by atoms with Crippen molar-refractivity contribution >= 4 is 34.3 Å². The van der Waals surface area contributed by atoms with Crippen LogP contribution in [0.3, 0.4) is 0 Å². The molecule has 6 nitrogen and oxygen atoms in total. The van der Waals surface area contributed by atoms with Crippen LogP contribution in [0.5, 0.6) is 0 Å². The lowest BCUT2D eigenvalue weighted by atomic mass is 10.1. The van der Waals surface area contributed by atoms with Crippen molar-refractivity contribution in [1.82, 2.24) is 19.5 Å². The number of halogens is 2. The van der Waals surface area contributed by atoms with E-state index in [2.05, 4.69) is 10.1 Å². The number of thiophene rings is 2. The Morgan fingerprint density at radius 1 is 1.31 bits per heavy atom. The van der Waals surface area contributed by atoms with Gasteiger partial charge in [-0.25, -0.2) is 9.99 Å². The summed E-state index contributed by atoms with van der Waals surface area (Å²) in [5.74, 6) is 0.0434. The fourth-order valence-corrected chi connectivity index (χ4v) is 4.81. The molecule has 0 bridgehead atoms. The predicted molar refractivity (Wildman–Crippen MR) is 109 cm³/mol. The molecule has 0 N–H and O–H groups in total. The minimum atomic E-state index is -2.66. The number of likely N-dealkylation sites (N-methyl/N-ethyl adjacent to an activating group) is 1. The van der Waals surface area contributed by atoms with E-state index in [1.54, 1.807) is 34.6 Å². The van der Waals surface area contributed by atoms with Gasteiger partial charge < -0.3 is 0 Å². The quantitative estimate of drug-likeness (QED) is 0.559. The Morgan fingerprint density at radius 3 is 2.79 bits per heavy atom. The standard InChI is InChI=1S/C19H19F2N5OS2/c1-24(11-17-22-6-7-25(17)19(20)21)12-18(27)26-14(16-5-3-9-29-16)10-13(23-26)15-4-2-8-28-15/h2-9,14,19H,10-12H2,1H3. The largest absolute Gasteiger partial charge is 0.319 e. The Kier molecular flexibility index (Phi) is 5.84. The molecule has 0 saturated carbocycles. The molecule has 1 aliphatic heterocycles. The number of hydrazone groups is 1. The maximum Gasteiger partial charge on any atom is 0.319 e. The molecule has 1 atom stereocenters. The van der Waals surface area contributed by atoms with Crippen LogP contribution >= 0.6 is 22.7 Å². The van der Waals surface area contributed by atoms with Gasteiger partial charge >= 0.3 is 6.55 Å². The fraction of sp³-hybridized carbons (Fsp3) is 0.316. The molecule has 4 rings (SSSR count). The number of carbonyl (C=O) groups is 1. The molecule has 1 amide bonds. The predicted octanol–water partition coefficient (Wildman–Crippen LogP) is 4.21. The van der Waals surface area contributed by atoms with Crippen LogP contribution in [-0.4, -0.2) is 44.7 Å². The number of nitrogens with zero attached hydrogens (tertiary/aromatic N) is 5. The first-order valence-electron chi connectivity index (χ1n) is 8.98. The van der Waals surface area contributed by atoms with Gasteiger partial charge in [-0.2, -0.15) is 13.9 Å². The number of carbonyl (C=O) groups excluding carboxylic acids is 1. The van der Waals surface area contributed by atoms with Crippen molar-refractivity contribution in [3.05, 3.63) is 63.0 Å². The van der Waals surface area contributed by atoms with Gasteiger partial charge in [0.2, 0.25) is 0 Å². The average molecular weight is 436 g/mol. The minimum absolute atomic E-state index is 0.0548. The van der Waals surface area contributed by atoms with Crippen LogP contribution in [0.2, 0.25) is 0 Å². The Morgan fingerprint density at radius 2 is 2.10 bits per heavy atom. The van der Waals surface area contributed by atoms with Gasteiger partial charge in [0, 0.05) is 23.7 Å². The molecule has 3 aromatic heterocycles. The zero-order valence-electron chi connectivity index (χ0n) is 15.6. The van der Waals surface area contributed by atoms with Crippen LogP contribution in [0.15, 0.2) is 52.5 Å². The van der Waals surface area contributed by atoms with E-state index >= 15 is 0 Å². The van der Waals surface area contributed by atoms with Crippen LogP contribution in [0.1, 0.15) is 34.6 Å². The number of amides is 1. The average Bonchev–Trinajstić information content (AvgIpc) is 3.47. The van der Waals surface area contributed by atoms with E-state index in [0.717, 1.165) is 20.0 Å². The monoisotopic (exact) mass is 435 g/mol. The topological polar surface area (TPSA) is 53.7 Å². The summed E-state index contributed by atoms with van der Waals surface area (Å²) in [6.07, 6.45) is 3.23. The van der Waals surface area contributed by atoms with E-state index in [0.29, 0.717) is 6.42 Å². The van der Waals surface area contributed by atoms with Crippen LogP contribution in [-0.2, 0) is 11.3 Å². The van der Waals surface area contributed by atoms with Crippen LogP contribution < -0.4 is 0 Å². The molecule has 1 unspecified atom stereocenters. The van der Waals surface area contributed by atoms with E-state index in [9.17, 15) is 13.6 Å². The lowest BCUT2D eigenvalue weighted by Gasteiger charge is -2.24. The molecule has 152 valence electrons. The van der Waals surface area contributed by atoms with Crippen LogP contribution in [0.25, 0.3) is 0 Å². The first kappa shape index (κ1) is 19.9.